The Bertz CT molecular complexity index is 300. The van der Waals surface area contributed by atoms with Crippen LogP contribution in [0, 0.1) is 6.92 Å². The molecular formula is C12H16O. The Hall–Kier alpha value is -1.24. The minimum atomic E-state index is -0.299. The number of aryl methyl sites for hydroxylation is 1. The van der Waals surface area contributed by atoms with Gasteiger partial charge in [-0.2, -0.15) is 0 Å². The van der Waals surface area contributed by atoms with Crippen LogP contribution < -0.4 is 4.74 Å². The zero-order valence-electron chi connectivity index (χ0n) is 8.50. The highest BCUT2D eigenvalue weighted by molar-refractivity contribution is 5.32. The van der Waals surface area contributed by atoms with Gasteiger partial charge in [0, 0.05) is 0 Å². The number of hydrogen-bond acceptors (Lipinski definition) is 1. The Balaban J connectivity index is 2.86. The van der Waals surface area contributed by atoms with Crippen molar-refractivity contribution >= 4 is 0 Å². The smallest absolute Gasteiger partial charge is 0.123 e. The lowest BCUT2D eigenvalue weighted by atomic mass is 10.1. The van der Waals surface area contributed by atoms with Gasteiger partial charge in [-0.3, -0.25) is 0 Å². The molecule has 0 aliphatic rings. The van der Waals surface area contributed by atoms with E-state index in [1.54, 1.807) is 6.08 Å². The molecule has 0 amide bonds. The molecule has 0 aliphatic heterocycles. The maximum Gasteiger partial charge on any atom is 0.123 e. The standard InChI is InChI=1S/C12H16O/c1-5-12(3,4)13-11-9-7-6-8-10(11)2/h5-9H,1H2,2-4H3. The molecule has 70 valence electrons. The van der Waals surface area contributed by atoms with Gasteiger partial charge in [0.05, 0.1) is 0 Å². The van der Waals surface area contributed by atoms with E-state index in [0.717, 1.165) is 11.3 Å². The van der Waals surface area contributed by atoms with E-state index < -0.39 is 0 Å². The zero-order chi connectivity index (χ0) is 9.90. The highest BCUT2D eigenvalue weighted by Crippen LogP contribution is 2.22. The third-order valence-electron chi connectivity index (χ3n) is 1.96. The van der Waals surface area contributed by atoms with Crippen molar-refractivity contribution in [3.05, 3.63) is 42.5 Å². The summed E-state index contributed by atoms with van der Waals surface area (Å²) < 4.78 is 5.76. The molecule has 0 N–H and O–H groups in total. The van der Waals surface area contributed by atoms with Crippen molar-refractivity contribution in [1.29, 1.82) is 0 Å². The van der Waals surface area contributed by atoms with Gasteiger partial charge in [-0.15, -0.1) is 0 Å². The fourth-order valence-electron chi connectivity index (χ4n) is 0.996. The van der Waals surface area contributed by atoms with Crippen LogP contribution in [0.4, 0.5) is 0 Å². The molecule has 0 aliphatic carbocycles. The van der Waals surface area contributed by atoms with Gasteiger partial charge in [0.15, 0.2) is 0 Å². The molecule has 1 aromatic carbocycles. The molecule has 0 aromatic heterocycles. The molecular weight excluding hydrogens is 160 g/mol. The average molecular weight is 176 g/mol. The van der Waals surface area contributed by atoms with Crippen molar-refractivity contribution in [3.8, 4) is 5.75 Å². The maximum absolute atomic E-state index is 5.76. The Morgan fingerprint density at radius 1 is 1.31 bits per heavy atom. The topological polar surface area (TPSA) is 9.23 Å². The molecule has 0 saturated carbocycles. The third-order valence-corrected chi connectivity index (χ3v) is 1.96. The second kappa shape index (κ2) is 3.65. The van der Waals surface area contributed by atoms with E-state index in [0.29, 0.717) is 0 Å². The summed E-state index contributed by atoms with van der Waals surface area (Å²) in [5, 5.41) is 0. The zero-order valence-corrected chi connectivity index (χ0v) is 8.50. The molecule has 0 spiro atoms. The third kappa shape index (κ3) is 2.62. The molecule has 0 fully saturated rings. The fourth-order valence-corrected chi connectivity index (χ4v) is 0.996. The summed E-state index contributed by atoms with van der Waals surface area (Å²) in [5.41, 5.74) is 0.851. The summed E-state index contributed by atoms with van der Waals surface area (Å²) in [5.74, 6) is 0.924. The van der Waals surface area contributed by atoms with Crippen LogP contribution in [0.2, 0.25) is 0 Å². The predicted molar refractivity (Wildman–Crippen MR) is 56.1 cm³/mol. The van der Waals surface area contributed by atoms with Crippen molar-refractivity contribution in [2.24, 2.45) is 0 Å². The van der Waals surface area contributed by atoms with E-state index in [2.05, 4.69) is 6.58 Å². The first-order chi connectivity index (χ1) is 6.05. The van der Waals surface area contributed by atoms with Crippen molar-refractivity contribution in [3.63, 3.8) is 0 Å². The summed E-state index contributed by atoms with van der Waals surface area (Å²) in [6, 6.07) is 7.99. The van der Waals surface area contributed by atoms with E-state index in [1.807, 2.05) is 45.0 Å². The van der Waals surface area contributed by atoms with Crippen LogP contribution in [0.25, 0.3) is 0 Å². The largest absolute Gasteiger partial charge is 0.484 e. The van der Waals surface area contributed by atoms with Gasteiger partial charge < -0.3 is 4.74 Å². The van der Waals surface area contributed by atoms with Crippen molar-refractivity contribution in [1.82, 2.24) is 0 Å². The first-order valence-corrected chi connectivity index (χ1v) is 4.43. The van der Waals surface area contributed by atoms with E-state index in [-0.39, 0.29) is 5.60 Å². The lowest BCUT2D eigenvalue weighted by molar-refractivity contribution is 0.161. The van der Waals surface area contributed by atoms with Gasteiger partial charge in [0.25, 0.3) is 0 Å². The van der Waals surface area contributed by atoms with E-state index in [1.165, 1.54) is 0 Å². The van der Waals surface area contributed by atoms with Crippen LogP contribution in [-0.2, 0) is 0 Å². The lowest BCUT2D eigenvalue weighted by Crippen LogP contribution is -2.24. The second-order valence-corrected chi connectivity index (χ2v) is 3.68. The minimum absolute atomic E-state index is 0.299. The molecule has 13 heavy (non-hydrogen) atoms. The van der Waals surface area contributed by atoms with Gasteiger partial charge in [0.1, 0.15) is 11.4 Å². The first kappa shape index (κ1) is 9.85. The summed E-state index contributed by atoms with van der Waals surface area (Å²) in [4.78, 5) is 0. The molecule has 1 heteroatoms. The SMILES string of the molecule is C=CC(C)(C)Oc1ccccc1C. The van der Waals surface area contributed by atoms with Crippen LogP contribution in [0.15, 0.2) is 36.9 Å². The Labute approximate surface area is 80.0 Å². The van der Waals surface area contributed by atoms with E-state index in [9.17, 15) is 0 Å². The number of rotatable bonds is 3. The molecule has 1 aromatic rings. The van der Waals surface area contributed by atoms with Gasteiger partial charge in [-0.05, 0) is 38.5 Å². The Morgan fingerprint density at radius 2 is 1.92 bits per heavy atom. The van der Waals surface area contributed by atoms with Gasteiger partial charge in [0.2, 0.25) is 0 Å². The Morgan fingerprint density at radius 3 is 2.46 bits per heavy atom. The maximum atomic E-state index is 5.76. The van der Waals surface area contributed by atoms with Crippen molar-refractivity contribution in [2.45, 2.75) is 26.4 Å². The second-order valence-electron chi connectivity index (χ2n) is 3.68. The predicted octanol–water partition coefficient (Wildman–Crippen LogP) is 3.34. The normalized spacial score (nSPS) is 11.0. The lowest BCUT2D eigenvalue weighted by Gasteiger charge is -2.23. The summed E-state index contributed by atoms with van der Waals surface area (Å²) >= 11 is 0. The fraction of sp³-hybridized carbons (Fsp3) is 0.333. The highest BCUT2D eigenvalue weighted by atomic mass is 16.5. The Kier molecular flexibility index (Phi) is 2.76. The highest BCUT2D eigenvalue weighted by Gasteiger charge is 2.14. The molecule has 0 atom stereocenters. The summed E-state index contributed by atoms with van der Waals surface area (Å²) in [6.45, 7) is 9.75. The average Bonchev–Trinajstić information content (AvgIpc) is 2.09. The molecule has 0 bridgehead atoms. The number of para-hydroxylation sites is 1. The van der Waals surface area contributed by atoms with Crippen molar-refractivity contribution < 1.29 is 4.74 Å². The van der Waals surface area contributed by atoms with E-state index in [4.69, 9.17) is 4.74 Å². The number of benzene rings is 1. The molecule has 0 saturated heterocycles. The molecule has 0 radical (unpaired) electrons. The first-order valence-electron chi connectivity index (χ1n) is 4.43. The van der Waals surface area contributed by atoms with Crippen LogP contribution in [0.1, 0.15) is 19.4 Å². The quantitative estimate of drug-likeness (QED) is 0.642. The monoisotopic (exact) mass is 176 g/mol. The van der Waals surface area contributed by atoms with Crippen LogP contribution in [0.3, 0.4) is 0 Å². The molecule has 1 nitrogen and oxygen atoms in total. The van der Waals surface area contributed by atoms with Crippen LogP contribution in [-0.4, -0.2) is 5.60 Å². The van der Waals surface area contributed by atoms with Crippen LogP contribution >= 0.6 is 0 Å². The summed E-state index contributed by atoms with van der Waals surface area (Å²) in [6.07, 6.45) is 1.80. The molecule has 0 unspecified atom stereocenters. The van der Waals surface area contributed by atoms with Gasteiger partial charge in [-0.1, -0.05) is 24.8 Å². The molecule has 1 rings (SSSR count). The van der Waals surface area contributed by atoms with Gasteiger partial charge >= 0.3 is 0 Å². The van der Waals surface area contributed by atoms with Gasteiger partial charge in [-0.25, -0.2) is 0 Å². The summed E-state index contributed by atoms with van der Waals surface area (Å²) in [7, 11) is 0. The molecule has 0 heterocycles. The number of ether oxygens (including phenoxy) is 1. The minimum Gasteiger partial charge on any atom is -0.484 e. The van der Waals surface area contributed by atoms with Crippen molar-refractivity contribution in [2.75, 3.05) is 0 Å². The van der Waals surface area contributed by atoms with E-state index >= 15 is 0 Å². The number of hydrogen-bond donors (Lipinski definition) is 0. The van der Waals surface area contributed by atoms with Crippen LogP contribution in [0.5, 0.6) is 5.75 Å².